The molecular formula is C23H29N3O4S. The summed E-state index contributed by atoms with van der Waals surface area (Å²) < 4.78 is 23.2. The monoisotopic (exact) mass is 443 g/mol. The quantitative estimate of drug-likeness (QED) is 0.705. The first kappa shape index (κ1) is 21.8. The van der Waals surface area contributed by atoms with E-state index in [4.69, 9.17) is 0 Å². The molecule has 2 heterocycles. The standard InChI is InChI=1S/C23H29N3O4S/c1-31(29,30)22-8-6-18(7-9-22)14-25-12-13-26(23(25)28)17-21(27)16-24-11-10-19-4-2-3-5-20(19)15-24/h2-9,21,27H,10-17H2,1H3/t21-/m1/s1. The van der Waals surface area contributed by atoms with E-state index in [1.165, 1.54) is 17.4 Å². The molecular weight excluding hydrogens is 414 g/mol. The van der Waals surface area contributed by atoms with Crippen LogP contribution in [-0.2, 0) is 29.3 Å². The molecule has 0 aromatic heterocycles. The minimum absolute atomic E-state index is 0.0878. The predicted octanol–water partition coefficient (Wildman–Crippen LogP) is 1.75. The molecule has 1 atom stereocenters. The van der Waals surface area contributed by atoms with E-state index in [0.29, 0.717) is 32.7 Å². The molecule has 2 aliphatic rings. The number of aliphatic hydroxyl groups is 1. The molecule has 2 amide bonds. The lowest BCUT2D eigenvalue weighted by molar-refractivity contribution is 0.0812. The molecule has 1 saturated heterocycles. The lowest BCUT2D eigenvalue weighted by Gasteiger charge is -2.31. The zero-order chi connectivity index (χ0) is 22.0. The third kappa shape index (κ3) is 5.26. The highest BCUT2D eigenvalue weighted by Gasteiger charge is 2.30. The minimum Gasteiger partial charge on any atom is -0.390 e. The first-order valence-corrected chi connectivity index (χ1v) is 12.5. The van der Waals surface area contributed by atoms with Crippen molar-refractivity contribution in [3.05, 3.63) is 65.2 Å². The molecule has 7 nitrogen and oxygen atoms in total. The summed E-state index contributed by atoms with van der Waals surface area (Å²) in [5.41, 5.74) is 3.57. The second-order valence-electron chi connectivity index (χ2n) is 8.47. The van der Waals surface area contributed by atoms with Crippen LogP contribution in [0.1, 0.15) is 16.7 Å². The minimum atomic E-state index is -3.23. The highest BCUT2D eigenvalue weighted by Crippen LogP contribution is 2.20. The van der Waals surface area contributed by atoms with E-state index >= 15 is 0 Å². The van der Waals surface area contributed by atoms with Crippen molar-refractivity contribution >= 4 is 15.9 Å². The summed E-state index contributed by atoms with van der Waals surface area (Å²) in [6, 6.07) is 15.0. The average molecular weight is 444 g/mol. The molecule has 1 N–H and O–H groups in total. The van der Waals surface area contributed by atoms with Gasteiger partial charge in [0.2, 0.25) is 0 Å². The maximum Gasteiger partial charge on any atom is 0.320 e. The summed E-state index contributed by atoms with van der Waals surface area (Å²) in [4.78, 5) is 18.7. The summed E-state index contributed by atoms with van der Waals surface area (Å²) >= 11 is 0. The van der Waals surface area contributed by atoms with Crippen LogP contribution in [0, 0.1) is 0 Å². The Labute approximate surface area is 183 Å². The lowest BCUT2D eigenvalue weighted by Crippen LogP contribution is -2.43. The van der Waals surface area contributed by atoms with Gasteiger partial charge in [0.25, 0.3) is 0 Å². The average Bonchev–Trinajstić information content (AvgIpc) is 3.07. The Kier molecular flexibility index (Phi) is 6.31. The Morgan fingerprint density at radius 1 is 0.935 bits per heavy atom. The second kappa shape index (κ2) is 8.98. The molecule has 0 unspecified atom stereocenters. The van der Waals surface area contributed by atoms with Gasteiger partial charge in [0, 0.05) is 52.1 Å². The van der Waals surface area contributed by atoms with Gasteiger partial charge < -0.3 is 14.9 Å². The van der Waals surface area contributed by atoms with Crippen LogP contribution < -0.4 is 0 Å². The third-order valence-electron chi connectivity index (χ3n) is 6.02. The van der Waals surface area contributed by atoms with Crippen LogP contribution in [0.4, 0.5) is 4.79 Å². The van der Waals surface area contributed by atoms with Crippen LogP contribution in [0.2, 0.25) is 0 Å². The van der Waals surface area contributed by atoms with Gasteiger partial charge in [0.05, 0.1) is 11.0 Å². The van der Waals surface area contributed by atoms with Crippen molar-refractivity contribution < 1.29 is 18.3 Å². The fourth-order valence-corrected chi connectivity index (χ4v) is 4.96. The Morgan fingerprint density at radius 3 is 2.32 bits per heavy atom. The molecule has 31 heavy (non-hydrogen) atoms. The highest BCUT2D eigenvalue weighted by molar-refractivity contribution is 7.90. The molecule has 4 rings (SSSR count). The normalized spacial score (nSPS) is 18.3. The molecule has 2 aliphatic heterocycles. The highest BCUT2D eigenvalue weighted by atomic mass is 32.2. The molecule has 8 heteroatoms. The van der Waals surface area contributed by atoms with Crippen molar-refractivity contribution in [3.8, 4) is 0 Å². The second-order valence-corrected chi connectivity index (χ2v) is 10.5. The number of urea groups is 1. The largest absolute Gasteiger partial charge is 0.390 e. The van der Waals surface area contributed by atoms with Gasteiger partial charge in [0.15, 0.2) is 9.84 Å². The Bertz CT molecular complexity index is 1040. The van der Waals surface area contributed by atoms with E-state index in [1.807, 2.05) is 6.07 Å². The molecule has 1 fully saturated rings. The van der Waals surface area contributed by atoms with Gasteiger partial charge in [-0.25, -0.2) is 13.2 Å². The number of fused-ring (bicyclic) bond motifs is 1. The number of sulfone groups is 1. The summed E-state index contributed by atoms with van der Waals surface area (Å²) in [7, 11) is -3.23. The van der Waals surface area contributed by atoms with E-state index in [2.05, 4.69) is 23.1 Å². The smallest absolute Gasteiger partial charge is 0.320 e. The maximum atomic E-state index is 12.8. The van der Waals surface area contributed by atoms with Crippen LogP contribution in [0.5, 0.6) is 0 Å². The predicted molar refractivity (Wildman–Crippen MR) is 118 cm³/mol. The molecule has 0 saturated carbocycles. The zero-order valence-corrected chi connectivity index (χ0v) is 18.6. The maximum absolute atomic E-state index is 12.8. The summed E-state index contributed by atoms with van der Waals surface area (Å²) in [5.74, 6) is 0. The van der Waals surface area contributed by atoms with E-state index in [0.717, 1.165) is 25.1 Å². The van der Waals surface area contributed by atoms with Gasteiger partial charge >= 0.3 is 6.03 Å². The molecule has 0 spiro atoms. The first-order valence-electron chi connectivity index (χ1n) is 10.6. The molecule has 0 radical (unpaired) electrons. The van der Waals surface area contributed by atoms with Gasteiger partial charge in [-0.15, -0.1) is 0 Å². The van der Waals surface area contributed by atoms with Crippen LogP contribution in [-0.4, -0.2) is 79.3 Å². The van der Waals surface area contributed by atoms with Crippen LogP contribution in [0.3, 0.4) is 0 Å². The van der Waals surface area contributed by atoms with Crippen molar-refractivity contribution in [1.82, 2.24) is 14.7 Å². The number of rotatable bonds is 7. The van der Waals surface area contributed by atoms with Gasteiger partial charge in [-0.2, -0.15) is 0 Å². The number of benzene rings is 2. The Morgan fingerprint density at radius 2 is 1.61 bits per heavy atom. The molecule has 2 aromatic rings. The fourth-order valence-electron chi connectivity index (χ4n) is 4.33. The molecule has 0 aliphatic carbocycles. The van der Waals surface area contributed by atoms with Crippen LogP contribution >= 0.6 is 0 Å². The number of hydrogen-bond donors (Lipinski definition) is 1. The van der Waals surface area contributed by atoms with E-state index in [-0.39, 0.29) is 10.9 Å². The van der Waals surface area contributed by atoms with Crippen molar-refractivity contribution in [2.45, 2.75) is 30.5 Å². The Hall–Kier alpha value is -2.42. The van der Waals surface area contributed by atoms with Gasteiger partial charge in [-0.05, 0) is 35.2 Å². The van der Waals surface area contributed by atoms with Crippen molar-refractivity contribution in [3.63, 3.8) is 0 Å². The summed E-state index contributed by atoms with van der Waals surface area (Å²) in [6.07, 6.45) is 1.57. The van der Waals surface area contributed by atoms with E-state index in [9.17, 15) is 18.3 Å². The number of nitrogens with zero attached hydrogens (tertiary/aromatic N) is 3. The number of carbonyl (C=O) groups is 1. The number of amides is 2. The van der Waals surface area contributed by atoms with Gasteiger partial charge in [-0.1, -0.05) is 36.4 Å². The molecule has 166 valence electrons. The van der Waals surface area contributed by atoms with E-state index < -0.39 is 15.9 Å². The van der Waals surface area contributed by atoms with Gasteiger partial charge in [0.1, 0.15) is 0 Å². The number of aliphatic hydroxyl groups excluding tert-OH is 1. The third-order valence-corrected chi connectivity index (χ3v) is 7.14. The SMILES string of the molecule is CS(=O)(=O)c1ccc(CN2CCN(C[C@H](O)CN3CCc4ccccc4C3)C2=O)cc1. The first-order chi connectivity index (χ1) is 14.8. The zero-order valence-electron chi connectivity index (χ0n) is 17.8. The Balaban J connectivity index is 1.28. The lowest BCUT2D eigenvalue weighted by atomic mass is 10.00. The number of hydrogen-bond acceptors (Lipinski definition) is 5. The van der Waals surface area contributed by atoms with Crippen LogP contribution in [0.15, 0.2) is 53.4 Å². The molecule has 0 bridgehead atoms. The van der Waals surface area contributed by atoms with Crippen molar-refractivity contribution in [2.75, 3.05) is 39.0 Å². The summed E-state index contributed by atoms with van der Waals surface area (Å²) in [6.45, 7) is 4.22. The van der Waals surface area contributed by atoms with Crippen molar-refractivity contribution in [1.29, 1.82) is 0 Å². The topological polar surface area (TPSA) is 81.2 Å². The molecule has 2 aromatic carbocycles. The van der Waals surface area contributed by atoms with Crippen molar-refractivity contribution in [2.24, 2.45) is 0 Å². The fraction of sp³-hybridized carbons (Fsp3) is 0.435. The van der Waals surface area contributed by atoms with E-state index in [1.54, 1.807) is 34.1 Å². The van der Waals surface area contributed by atoms with Crippen LogP contribution in [0.25, 0.3) is 0 Å². The summed E-state index contributed by atoms with van der Waals surface area (Å²) in [5, 5.41) is 10.6. The van der Waals surface area contributed by atoms with Gasteiger partial charge in [-0.3, -0.25) is 4.90 Å². The number of carbonyl (C=O) groups excluding carboxylic acids is 1. The number of β-amino-alcohol motifs (C(OH)–C–C–N with tert-alkyl or cyclic N) is 1.